The van der Waals surface area contributed by atoms with Crippen molar-refractivity contribution in [3.05, 3.63) is 48.0 Å². The van der Waals surface area contributed by atoms with E-state index in [4.69, 9.17) is 9.47 Å². The van der Waals surface area contributed by atoms with Gasteiger partial charge in [-0.15, -0.1) is 0 Å². The Morgan fingerprint density at radius 3 is 2.35 bits per heavy atom. The lowest BCUT2D eigenvalue weighted by molar-refractivity contribution is -0.0618. The molecule has 2 aliphatic rings. The number of hydrogen-bond acceptors (Lipinski definition) is 3. The van der Waals surface area contributed by atoms with Gasteiger partial charge in [-0.1, -0.05) is 45.0 Å². The maximum Gasteiger partial charge on any atom is 0.338 e. The Morgan fingerprint density at radius 2 is 1.69 bits per heavy atom. The standard InChI is InChI=1S/C23H32O3/c1-16(2)19-10-9-17(3)22(15-19)25-20-11-13-21(14-12-20)26-23(24)18-7-5-4-6-8-18/h4-8,11,13,16-17,19-22H,9-10,12,14-15H2,1-3H3/t17?,19?,20-,21-,22?/m0/s1. The molecule has 0 bridgehead atoms. The second-order valence-electron chi connectivity index (χ2n) is 8.28. The zero-order valence-electron chi connectivity index (χ0n) is 16.3. The molecule has 5 atom stereocenters. The largest absolute Gasteiger partial charge is 0.455 e. The molecule has 0 N–H and O–H groups in total. The van der Waals surface area contributed by atoms with Crippen molar-refractivity contribution in [3.8, 4) is 0 Å². The van der Waals surface area contributed by atoms with Gasteiger partial charge in [-0.2, -0.15) is 0 Å². The minimum atomic E-state index is -0.250. The fourth-order valence-corrected chi connectivity index (χ4v) is 4.09. The molecule has 3 heteroatoms. The van der Waals surface area contributed by atoms with Crippen molar-refractivity contribution in [2.24, 2.45) is 17.8 Å². The maximum absolute atomic E-state index is 12.2. The first-order valence-corrected chi connectivity index (χ1v) is 10.1. The third-order valence-electron chi connectivity index (χ3n) is 6.00. The average molecular weight is 357 g/mol. The van der Waals surface area contributed by atoms with Crippen molar-refractivity contribution in [2.75, 3.05) is 0 Å². The van der Waals surface area contributed by atoms with Gasteiger partial charge >= 0.3 is 5.97 Å². The fourth-order valence-electron chi connectivity index (χ4n) is 4.09. The molecule has 0 radical (unpaired) electrons. The Labute approximate surface area is 157 Å². The van der Waals surface area contributed by atoms with Crippen molar-refractivity contribution in [2.45, 2.75) is 71.2 Å². The molecule has 0 saturated heterocycles. The first kappa shape index (κ1) is 19.2. The summed E-state index contributed by atoms with van der Waals surface area (Å²) in [6.45, 7) is 6.96. The molecule has 1 saturated carbocycles. The van der Waals surface area contributed by atoms with Crippen molar-refractivity contribution in [3.63, 3.8) is 0 Å². The third-order valence-corrected chi connectivity index (χ3v) is 6.00. The van der Waals surface area contributed by atoms with Gasteiger partial charge in [-0.05, 0) is 68.1 Å². The van der Waals surface area contributed by atoms with Crippen molar-refractivity contribution in [1.82, 2.24) is 0 Å². The summed E-state index contributed by atoms with van der Waals surface area (Å²) in [4.78, 5) is 12.2. The normalized spacial score (nSPS) is 31.8. The van der Waals surface area contributed by atoms with Gasteiger partial charge in [0.05, 0.1) is 17.8 Å². The molecule has 0 aromatic heterocycles. The zero-order valence-corrected chi connectivity index (χ0v) is 16.3. The molecule has 142 valence electrons. The number of benzene rings is 1. The SMILES string of the molecule is CC(C)C1CCC(C)C(O[C@H]2C=C[C@H](OC(=O)c3ccccc3)CC2)C1. The van der Waals surface area contributed by atoms with Crippen LogP contribution in [0, 0.1) is 17.8 Å². The molecule has 26 heavy (non-hydrogen) atoms. The second kappa shape index (κ2) is 8.85. The lowest BCUT2D eigenvalue weighted by atomic mass is 9.76. The average Bonchev–Trinajstić information content (AvgIpc) is 2.65. The van der Waals surface area contributed by atoms with Crippen LogP contribution in [0.4, 0.5) is 0 Å². The van der Waals surface area contributed by atoms with Crippen LogP contribution in [0.3, 0.4) is 0 Å². The number of ether oxygens (including phenoxy) is 2. The maximum atomic E-state index is 12.2. The highest BCUT2D eigenvalue weighted by atomic mass is 16.5. The van der Waals surface area contributed by atoms with Crippen molar-refractivity contribution in [1.29, 1.82) is 0 Å². The third kappa shape index (κ3) is 4.97. The van der Waals surface area contributed by atoms with Crippen LogP contribution in [-0.2, 0) is 9.47 Å². The predicted molar refractivity (Wildman–Crippen MR) is 104 cm³/mol. The highest BCUT2D eigenvalue weighted by molar-refractivity contribution is 5.89. The molecule has 2 aliphatic carbocycles. The van der Waals surface area contributed by atoms with Crippen LogP contribution in [0.15, 0.2) is 42.5 Å². The quantitative estimate of drug-likeness (QED) is 0.523. The van der Waals surface area contributed by atoms with E-state index in [2.05, 4.69) is 26.8 Å². The molecule has 3 nitrogen and oxygen atoms in total. The smallest absolute Gasteiger partial charge is 0.338 e. The van der Waals surface area contributed by atoms with Crippen LogP contribution in [-0.4, -0.2) is 24.3 Å². The van der Waals surface area contributed by atoms with Gasteiger partial charge in [0.25, 0.3) is 0 Å². The summed E-state index contributed by atoms with van der Waals surface area (Å²) in [7, 11) is 0. The summed E-state index contributed by atoms with van der Waals surface area (Å²) >= 11 is 0. The number of carbonyl (C=O) groups is 1. The number of carbonyl (C=O) groups excluding carboxylic acids is 1. The molecule has 0 aliphatic heterocycles. The van der Waals surface area contributed by atoms with E-state index in [0.29, 0.717) is 17.6 Å². The Kier molecular flexibility index (Phi) is 6.53. The Morgan fingerprint density at radius 1 is 1.00 bits per heavy atom. The summed E-state index contributed by atoms with van der Waals surface area (Å²) in [6, 6.07) is 9.18. The van der Waals surface area contributed by atoms with E-state index in [9.17, 15) is 4.79 Å². The van der Waals surface area contributed by atoms with Crippen LogP contribution in [0.5, 0.6) is 0 Å². The van der Waals surface area contributed by atoms with Gasteiger partial charge in [0.2, 0.25) is 0 Å². The zero-order chi connectivity index (χ0) is 18.5. The highest BCUT2D eigenvalue weighted by Crippen LogP contribution is 2.36. The number of esters is 1. The van der Waals surface area contributed by atoms with Crippen molar-refractivity contribution < 1.29 is 14.3 Å². The number of rotatable bonds is 5. The van der Waals surface area contributed by atoms with Gasteiger partial charge in [-0.3, -0.25) is 0 Å². The van der Waals surface area contributed by atoms with E-state index in [1.165, 1.54) is 19.3 Å². The van der Waals surface area contributed by atoms with Crippen LogP contribution >= 0.6 is 0 Å². The lowest BCUT2D eigenvalue weighted by Crippen LogP contribution is -2.36. The molecular formula is C23H32O3. The van der Waals surface area contributed by atoms with E-state index in [0.717, 1.165) is 24.7 Å². The van der Waals surface area contributed by atoms with E-state index >= 15 is 0 Å². The Hall–Kier alpha value is -1.61. The summed E-state index contributed by atoms with van der Waals surface area (Å²) in [5.41, 5.74) is 0.607. The molecule has 3 rings (SSSR count). The summed E-state index contributed by atoms with van der Waals surface area (Å²) < 4.78 is 12.0. The molecule has 0 spiro atoms. The van der Waals surface area contributed by atoms with Gasteiger partial charge < -0.3 is 9.47 Å². The number of hydrogen-bond donors (Lipinski definition) is 0. The van der Waals surface area contributed by atoms with E-state index in [-0.39, 0.29) is 18.2 Å². The molecular weight excluding hydrogens is 324 g/mol. The van der Waals surface area contributed by atoms with Gasteiger partial charge in [0, 0.05) is 0 Å². The van der Waals surface area contributed by atoms with Gasteiger partial charge in [0.1, 0.15) is 6.10 Å². The Bertz CT molecular complexity index is 607. The van der Waals surface area contributed by atoms with Gasteiger partial charge in [-0.25, -0.2) is 4.79 Å². The summed E-state index contributed by atoms with van der Waals surface area (Å²) in [6.07, 6.45) is 9.98. The minimum Gasteiger partial charge on any atom is -0.455 e. The fraction of sp³-hybridized carbons (Fsp3) is 0.609. The lowest BCUT2D eigenvalue weighted by Gasteiger charge is -2.38. The molecule has 0 heterocycles. The second-order valence-corrected chi connectivity index (χ2v) is 8.28. The minimum absolute atomic E-state index is 0.144. The van der Waals surface area contributed by atoms with Crippen LogP contribution in [0.1, 0.15) is 63.2 Å². The monoisotopic (exact) mass is 356 g/mol. The van der Waals surface area contributed by atoms with E-state index in [1.807, 2.05) is 24.3 Å². The van der Waals surface area contributed by atoms with E-state index < -0.39 is 0 Å². The first-order chi connectivity index (χ1) is 12.5. The summed E-state index contributed by atoms with van der Waals surface area (Å²) in [5, 5.41) is 0. The topological polar surface area (TPSA) is 35.5 Å². The first-order valence-electron chi connectivity index (χ1n) is 10.1. The van der Waals surface area contributed by atoms with Crippen LogP contribution in [0.2, 0.25) is 0 Å². The van der Waals surface area contributed by atoms with Crippen molar-refractivity contribution >= 4 is 5.97 Å². The molecule has 1 aromatic carbocycles. The van der Waals surface area contributed by atoms with Crippen LogP contribution < -0.4 is 0 Å². The molecule has 3 unspecified atom stereocenters. The molecule has 1 aromatic rings. The summed E-state index contributed by atoms with van der Waals surface area (Å²) in [5.74, 6) is 1.90. The van der Waals surface area contributed by atoms with E-state index in [1.54, 1.807) is 12.1 Å². The molecule has 0 amide bonds. The Balaban J connectivity index is 1.50. The van der Waals surface area contributed by atoms with Gasteiger partial charge in [0.15, 0.2) is 0 Å². The van der Waals surface area contributed by atoms with Crippen LogP contribution in [0.25, 0.3) is 0 Å². The predicted octanol–water partition coefficient (Wildman–Crippen LogP) is 5.41. The molecule has 1 fully saturated rings. The highest BCUT2D eigenvalue weighted by Gasteiger charge is 2.32.